The third-order valence-electron chi connectivity index (χ3n) is 3.57. The summed E-state index contributed by atoms with van der Waals surface area (Å²) >= 11 is 3.31. The SMILES string of the molecule is C[Si](C)(CCCCCCC=CBr)c1ccccc1. The molecule has 0 aliphatic rings. The van der Waals surface area contributed by atoms with Gasteiger partial charge in [-0.15, -0.1) is 0 Å². The van der Waals surface area contributed by atoms with Crippen LogP contribution >= 0.6 is 15.9 Å². The van der Waals surface area contributed by atoms with Crippen molar-refractivity contribution in [2.75, 3.05) is 0 Å². The lowest BCUT2D eigenvalue weighted by Gasteiger charge is -2.22. The van der Waals surface area contributed by atoms with Crippen molar-refractivity contribution in [3.63, 3.8) is 0 Å². The van der Waals surface area contributed by atoms with Crippen molar-refractivity contribution in [2.45, 2.75) is 51.2 Å². The monoisotopic (exact) mass is 324 g/mol. The molecule has 2 heteroatoms. The van der Waals surface area contributed by atoms with E-state index in [2.05, 4.69) is 65.4 Å². The molecule has 0 aliphatic heterocycles. The largest absolute Gasteiger partial charge is 0.0806 e. The van der Waals surface area contributed by atoms with E-state index in [0.717, 1.165) is 0 Å². The molecule has 0 unspecified atom stereocenters. The minimum Gasteiger partial charge on any atom is -0.0776 e. The minimum atomic E-state index is -1.18. The van der Waals surface area contributed by atoms with E-state index in [1.807, 2.05) is 4.99 Å². The van der Waals surface area contributed by atoms with Gasteiger partial charge in [0.1, 0.15) is 0 Å². The maximum absolute atomic E-state index is 3.31. The number of unbranched alkanes of at least 4 members (excludes halogenated alkanes) is 4. The molecule has 0 N–H and O–H groups in total. The summed E-state index contributed by atoms with van der Waals surface area (Å²) in [6, 6.07) is 12.5. The highest BCUT2D eigenvalue weighted by molar-refractivity contribution is 9.11. The van der Waals surface area contributed by atoms with E-state index >= 15 is 0 Å². The van der Waals surface area contributed by atoms with Gasteiger partial charge in [0, 0.05) is 0 Å². The van der Waals surface area contributed by atoms with Crippen LogP contribution in [-0.2, 0) is 0 Å². The van der Waals surface area contributed by atoms with Gasteiger partial charge in [-0.25, -0.2) is 0 Å². The second-order valence-corrected chi connectivity index (χ2v) is 10.9. The summed E-state index contributed by atoms with van der Waals surface area (Å²) in [6.07, 6.45) is 8.89. The molecule has 0 bridgehead atoms. The van der Waals surface area contributed by atoms with Crippen molar-refractivity contribution in [1.29, 1.82) is 0 Å². The fourth-order valence-corrected chi connectivity index (χ4v) is 5.06. The average Bonchev–Trinajstić information content (AvgIpc) is 2.39. The summed E-state index contributed by atoms with van der Waals surface area (Å²) in [4.78, 5) is 1.97. The molecule has 0 spiro atoms. The molecule has 0 fully saturated rings. The van der Waals surface area contributed by atoms with Gasteiger partial charge < -0.3 is 0 Å². The Balaban J connectivity index is 2.22. The maximum Gasteiger partial charge on any atom is 0.0806 e. The Bertz CT molecular complexity index is 343. The zero-order valence-electron chi connectivity index (χ0n) is 11.7. The van der Waals surface area contributed by atoms with Crippen molar-refractivity contribution in [3.8, 4) is 0 Å². The van der Waals surface area contributed by atoms with E-state index in [0.29, 0.717) is 0 Å². The molecule has 1 aromatic carbocycles. The van der Waals surface area contributed by atoms with Crippen LogP contribution in [-0.4, -0.2) is 8.07 Å². The Hall–Kier alpha value is -0.343. The van der Waals surface area contributed by atoms with Crippen molar-refractivity contribution in [2.24, 2.45) is 0 Å². The molecule has 18 heavy (non-hydrogen) atoms. The Morgan fingerprint density at radius 3 is 2.33 bits per heavy atom. The molecule has 0 amide bonds. The third kappa shape index (κ3) is 6.01. The van der Waals surface area contributed by atoms with Crippen LogP contribution in [0.1, 0.15) is 32.1 Å². The maximum atomic E-state index is 3.31. The van der Waals surface area contributed by atoms with Crippen molar-refractivity contribution in [1.82, 2.24) is 0 Å². The summed E-state index contributed by atoms with van der Waals surface area (Å²) in [5, 5.41) is 1.60. The molecule has 0 aromatic heterocycles. The number of benzene rings is 1. The fraction of sp³-hybridized carbons (Fsp3) is 0.500. The van der Waals surface area contributed by atoms with E-state index in [9.17, 15) is 0 Å². The van der Waals surface area contributed by atoms with Gasteiger partial charge in [-0.1, -0.05) is 95.9 Å². The number of rotatable bonds is 8. The van der Waals surface area contributed by atoms with Gasteiger partial charge in [-0.2, -0.15) is 0 Å². The van der Waals surface area contributed by atoms with Crippen LogP contribution in [0.5, 0.6) is 0 Å². The lowest BCUT2D eigenvalue weighted by Crippen LogP contribution is -2.40. The van der Waals surface area contributed by atoms with E-state index < -0.39 is 8.07 Å². The average molecular weight is 325 g/mol. The zero-order chi connectivity index (χ0) is 13.3. The van der Waals surface area contributed by atoms with Gasteiger partial charge in [0.05, 0.1) is 8.07 Å². The first-order valence-electron chi connectivity index (χ1n) is 6.97. The van der Waals surface area contributed by atoms with Crippen molar-refractivity contribution in [3.05, 3.63) is 41.4 Å². The molecule has 0 radical (unpaired) electrons. The highest BCUT2D eigenvalue weighted by Crippen LogP contribution is 2.16. The fourth-order valence-electron chi connectivity index (χ4n) is 2.28. The number of hydrogen-bond acceptors (Lipinski definition) is 0. The van der Waals surface area contributed by atoms with Gasteiger partial charge >= 0.3 is 0 Å². The molecule has 0 saturated heterocycles. The van der Waals surface area contributed by atoms with Gasteiger partial charge in [0.25, 0.3) is 0 Å². The molecule has 0 atom stereocenters. The van der Waals surface area contributed by atoms with Gasteiger partial charge in [0.15, 0.2) is 0 Å². The predicted octanol–water partition coefficient (Wildman–Crippen LogP) is 5.46. The normalized spacial score (nSPS) is 12.2. The quantitative estimate of drug-likeness (QED) is 0.440. The lowest BCUT2D eigenvalue weighted by atomic mass is 10.1. The van der Waals surface area contributed by atoms with E-state index in [1.54, 1.807) is 5.19 Å². The van der Waals surface area contributed by atoms with Gasteiger partial charge in [-0.05, 0) is 17.8 Å². The topological polar surface area (TPSA) is 0 Å². The van der Waals surface area contributed by atoms with E-state index in [1.165, 1.54) is 38.1 Å². The number of allylic oxidation sites excluding steroid dienone is 1. The second-order valence-electron chi connectivity index (χ2n) is 5.56. The predicted molar refractivity (Wildman–Crippen MR) is 89.5 cm³/mol. The molecular weight excluding hydrogens is 300 g/mol. The molecule has 0 nitrogen and oxygen atoms in total. The summed E-state index contributed by atoms with van der Waals surface area (Å²) < 4.78 is 0. The summed E-state index contributed by atoms with van der Waals surface area (Å²) in [7, 11) is -1.18. The van der Waals surface area contributed by atoms with Crippen LogP contribution in [0.3, 0.4) is 0 Å². The molecular formula is C16H25BrSi. The zero-order valence-corrected chi connectivity index (χ0v) is 14.2. The van der Waals surface area contributed by atoms with E-state index in [4.69, 9.17) is 0 Å². The molecule has 100 valence electrons. The second kappa shape index (κ2) is 8.71. The van der Waals surface area contributed by atoms with Gasteiger partial charge in [-0.3, -0.25) is 0 Å². The van der Waals surface area contributed by atoms with Crippen LogP contribution in [0, 0.1) is 0 Å². The molecule has 0 heterocycles. The summed E-state index contributed by atoms with van der Waals surface area (Å²) in [6.45, 7) is 4.99. The van der Waals surface area contributed by atoms with Crippen molar-refractivity contribution >= 4 is 29.2 Å². The molecule has 0 saturated carbocycles. The minimum absolute atomic E-state index is 1.18. The lowest BCUT2D eigenvalue weighted by molar-refractivity contribution is 0.671. The van der Waals surface area contributed by atoms with Crippen LogP contribution in [0.2, 0.25) is 19.1 Å². The van der Waals surface area contributed by atoms with Crippen LogP contribution < -0.4 is 5.19 Å². The third-order valence-corrected chi connectivity index (χ3v) is 7.44. The Kier molecular flexibility index (Phi) is 7.60. The number of halogens is 1. The summed E-state index contributed by atoms with van der Waals surface area (Å²) in [5.74, 6) is 0. The Labute approximate surface area is 122 Å². The first-order chi connectivity index (χ1) is 8.67. The van der Waals surface area contributed by atoms with E-state index in [-0.39, 0.29) is 0 Å². The van der Waals surface area contributed by atoms with Crippen LogP contribution in [0.25, 0.3) is 0 Å². The molecule has 1 rings (SSSR count). The van der Waals surface area contributed by atoms with Gasteiger partial charge in [0.2, 0.25) is 0 Å². The highest BCUT2D eigenvalue weighted by atomic mass is 79.9. The van der Waals surface area contributed by atoms with Crippen LogP contribution in [0.4, 0.5) is 0 Å². The Morgan fingerprint density at radius 2 is 1.67 bits per heavy atom. The van der Waals surface area contributed by atoms with Crippen molar-refractivity contribution < 1.29 is 0 Å². The Morgan fingerprint density at radius 1 is 1.00 bits per heavy atom. The first kappa shape index (κ1) is 15.7. The molecule has 0 aliphatic carbocycles. The van der Waals surface area contributed by atoms with Crippen LogP contribution in [0.15, 0.2) is 41.4 Å². The smallest absolute Gasteiger partial charge is 0.0776 e. The summed E-state index contributed by atoms with van der Waals surface area (Å²) in [5.41, 5.74) is 0. The highest BCUT2D eigenvalue weighted by Gasteiger charge is 2.21. The molecule has 1 aromatic rings. The number of hydrogen-bond donors (Lipinski definition) is 0. The standard InChI is InChI=1S/C16H25BrSi/c1-18(2,16-12-8-7-9-13-16)15-11-6-4-3-5-10-14-17/h7-10,12-14H,3-6,11,15H2,1-2H3. The first-order valence-corrected chi connectivity index (χ1v) is 11.1.